The minimum absolute atomic E-state index is 0.197. The zero-order valence-electron chi connectivity index (χ0n) is 24.8. The number of fused-ring (bicyclic) bond motifs is 1. The highest BCUT2D eigenvalue weighted by molar-refractivity contribution is 6.00. The van der Waals surface area contributed by atoms with Gasteiger partial charge in [0.1, 0.15) is 17.8 Å². The summed E-state index contributed by atoms with van der Waals surface area (Å²) in [6.07, 6.45) is 3.88. The molecule has 0 aliphatic carbocycles. The maximum Gasteiger partial charge on any atom is 0.254 e. The molecule has 1 atom stereocenters. The van der Waals surface area contributed by atoms with Crippen LogP contribution < -0.4 is 26.4 Å². The maximum atomic E-state index is 13.8. The number of hydrogen-bond donors (Lipinski definition) is 4. The molecule has 1 unspecified atom stereocenters. The van der Waals surface area contributed by atoms with Gasteiger partial charge in [-0.3, -0.25) is 4.79 Å². The fourth-order valence-electron chi connectivity index (χ4n) is 6.32. The monoisotopic (exact) mass is 590 g/mol. The minimum Gasteiger partial charge on any atom is -0.381 e. The maximum absolute atomic E-state index is 13.8. The van der Waals surface area contributed by atoms with Crippen molar-refractivity contribution in [2.45, 2.75) is 50.4 Å². The Balaban J connectivity index is 1.20. The van der Waals surface area contributed by atoms with Gasteiger partial charge >= 0.3 is 0 Å². The van der Waals surface area contributed by atoms with Crippen LogP contribution in [0.4, 0.5) is 25.8 Å². The van der Waals surface area contributed by atoms with Crippen LogP contribution in [0.3, 0.4) is 0 Å². The predicted molar refractivity (Wildman–Crippen MR) is 165 cm³/mol. The van der Waals surface area contributed by atoms with E-state index < -0.39 is 17.8 Å². The largest absolute Gasteiger partial charge is 0.381 e. The van der Waals surface area contributed by atoms with Crippen molar-refractivity contribution in [3.05, 3.63) is 88.5 Å². The molecule has 3 heterocycles. The number of carbonyl (C=O) groups excluding carboxylic acids is 1. The Hall–Kier alpha value is -3.73. The molecule has 2 fully saturated rings. The molecule has 1 amide bonds. The summed E-state index contributed by atoms with van der Waals surface area (Å²) in [5.41, 5.74) is 12.0. The topological polar surface area (TPSA) is 80.9 Å². The first-order valence-corrected chi connectivity index (χ1v) is 15.1. The van der Waals surface area contributed by atoms with Crippen LogP contribution in [0.2, 0.25) is 0 Å². The average Bonchev–Trinajstić information content (AvgIpc) is 3.38. The van der Waals surface area contributed by atoms with Crippen LogP contribution in [0.15, 0.2) is 54.6 Å². The summed E-state index contributed by atoms with van der Waals surface area (Å²) in [7, 11) is 4.28. The zero-order valence-corrected chi connectivity index (χ0v) is 24.8. The molecule has 0 radical (unpaired) electrons. The third-order valence-electron chi connectivity index (χ3n) is 8.77. The lowest BCUT2D eigenvalue weighted by Crippen LogP contribution is -2.42. The molecule has 2 saturated heterocycles. The number of hydrazine groups is 1. The molecule has 0 saturated carbocycles. The summed E-state index contributed by atoms with van der Waals surface area (Å²) in [6.45, 7) is 3.36. The highest BCUT2D eigenvalue weighted by atomic mass is 19.1. The van der Waals surface area contributed by atoms with Gasteiger partial charge in [0.25, 0.3) is 5.91 Å². The van der Waals surface area contributed by atoms with E-state index in [0.717, 1.165) is 73.0 Å². The first kappa shape index (κ1) is 29.3. The molecular weight excluding hydrogens is 550 g/mol. The van der Waals surface area contributed by atoms with Crippen molar-refractivity contribution < 1.29 is 18.3 Å². The minimum atomic E-state index is -0.598. The molecule has 6 rings (SSSR count). The molecule has 3 aromatic carbocycles. The van der Waals surface area contributed by atoms with Crippen LogP contribution in [0.25, 0.3) is 0 Å². The van der Waals surface area contributed by atoms with E-state index in [4.69, 9.17) is 4.74 Å². The van der Waals surface area contributed by atoms with Gasteiger partial charge in [-0.25, -0.2) is 14.2 Å². The lowest BCUT2D eigenvalue weighted by Gasteiger charge is -2.37. The number of carbonyl (C=O) groups is 1. The smallest absolute Gasteiger partial charge is 0.254 e. The number of ether oxygens (including phenoxy) is 1. The summed E-state index contributed by atoms with van der Waals surface area (Å²) in [5.74, 6) is -1.39. The quantitative estimate of drug-likeness (QED) is 0.293. The molecular formula is C33H40F2N6O2. The average molecular weight is 591 g/mol. The number of anilines is 3. The van der Waals surface area contributed by atoms with E-state index in [0.29, 0.717) is 36.8 Å². The molecule has 0 bridgehead atoms. The van der Waals surface area contributed by atoms with Crippen molar-refractivity contribution in [1.82, 2.24) is 15.6 Å². The lowest BCUT2D eigenvalue weighted by atomic mass is 10.0. The van der Waals surface area contributed by atoms with Gasteiger partial charge in [0.15, 0.2) is 0 Å². The van der Waals surface area contributed by atoms with Gasteiger partial charge in [0.05, 0.1) is 11.3 Å². The van der Waals surface area contributed by atoms with Crippen LogP contribution >= 0.6 is 0 Å². The van der Waals surface area contributed by atoms with E-state index in [9.17, 15) is 13.6 Å². The molecule has 228 valence electrons. The van der Waals surface area contributed by atoms with Gasteiger partial charge in [0, 0.05) is 61.4 Å². The Morgan fingerprint density at radius 3 is 2.42 bits per heavy atom. The number of nitrogens with one attached hydrogen (secondary N) is 4. The van der Waals surface area contributed by atoms with Gasteiger partial charge in [0.2, 0.25) is 0 Å². The molecule has 8 nitrogen and oxygen atoms in total. The van der Waals surface area contributed by atoms with E-state index in [-0.39, 0.29) is 11.9 Å². The number of halogens is 2. The fraction of sp³-hybridized carbons (Fsp3) is 0.424. The summed E-state index contributed by atoms with van der Waals surface area (Å²) < 4.78 is 33.1. The molecule has 4 N–H and O–H groups in total. The van der Waals surface area contributed by atoms with Gasteiger partial charge < -0.3 is 30.6 Å². The van der Waals surface area contributed by atoms with Crippen molar-refractivity contribution in [1.29, 1.82) is 0 Å². The number of hydrogen-bond acceptors (Lipinski definition) is 7. The second kappa shape index (κ2) is 12.9. The number of piperidine rings is 1. The SMILES string of the molecule is CN(C)C1CCN(c2ccc(C(=O)NC3NNc4ccc(Cc5cc(F)cc(F)c5)cc43)c(NC3CCOCC3)c2)CC1. The van der Waals surface area contributed by atoms with E-state index in [2.05, 4.69) is 51.4 Å². The van der Waals surface area contributed by atoms with Crippen LogP contribution in [-0.4, -0.2) is 63.3 Å². The molecule has 0 spiro atoms. The second-order valence-electron chi connectivity index (χ2n) is 12.0. The van der Waals surface area contributed by atoms with Crippen LogP contribution in [-0.2, 0) is 11.2 Å². The summed E-state index contributed by atoms with van der Waals surface area (Å²) >= 11 is 0. The molecule has 43 heavy (non-hydrogen) atoms. The summed E-state index contributed by atoms with van der Waals surface area (Å²) in [5, 5.41) is 6.79. The Morgan fingerprint density at radius 1 is 0.953 bits per heavy atom. The first-order valence-electron chi connectivity index (χ1n) is 15.1. The van der Waals surface area contributed by atoms with Crippen LogP contribution in [0.5, 0.6) is 0 Å². The standard InChI is InChI=1S/C33H40F2N6O2/c1-40(2)26-7-11-41(12-8-26)27-4-5-28(31(20-27)36-25-9-13-43-14-10-25)33(42)37-32-29-18-21(3-6-30(29)38-39-32)15-22-16-23(34)19-24(35)17-22/h3-6,16-20,25-26,32,36,38-39H,7-15H2,1-2H3,(H,37,42). The highest BCUT2D eigenvalue weighted by Crippen LogP contribution is 2.32. The van der Waals surface area contributed by atoms with Gasteiger partial charge in [-0.05, 0) is 99.8 Å². The Labute approximate surface area is 251 Å². The molecule has 3 aliphatic heterocycles. The van der Waals surface area contributed by atoms with E-state index in [1.54, 1.807) is 0 Å². The summed E-state index contributed by atoms with van der Waals surface area (Å²) in [4.78, 5) is 18.5. The van der Waals surface area contributed by atoms with E-state index in [1.807, 2.05) is 30.3 Å². The third kappa shape index (κ3) is 6.92. The van der Waals surface area contributed by atoms with Crippen molar-refractivity contribution >= 4 is 23.0 Å². The molecule has 3 aromatic rings. The van der Waals surface area contributed by atoms with Crippen molar-refractivity contribution in [3.8, 4) is 0 Å². The fourth-order valence-corrected chi connectivity index (χ4v) is 6.32. The van der Waals surface area contributed by atoms with E-state index >= 15 is 0 Å². The Morgan fingerprint density at radius 2 is 1.70 bits per heavy atom. The van der Waals surface area contributed by atoms with Gasteiger partial charge in [-0.15, -0.1) is 0 Å². The molecule has 0 aromatic heterocycles. The normalized spacial score (nSPS) is 19.3. The number of amides is 1. The number of nitrogens with zero attached hydrogens (tertiary/aromatic N) is 2. The lowest BCUT2D eigenvalue weighted by molar-refractivity contribution is 0.0903. The van der Waals surface area contributed by atoms with E-state index in [1.165, 1.54) is 12.1 Å². The van der Waals surface area contributed by atoms with Crippen molar-refractivity contribution in [2.24, 2.45) is 0 Å². The molecule has 3 aliphatic rings. The number of benzene rings is 3. The van der Waals surface area contributed by atoms with Crippen molar-refractivity contribution in [3.63, 3.8) is 0 Å². The zero-order chi connectivity index (χ0) is 29.9. The van der Waals surface area contributed by atoms with Crippen LogP contribution in [0.1, 0.15) is 58.9 Å². The Kier molecular flexibility index (Phi) is 8.78. The summed E-state index contributed by atoms with van der Waals surface area (Å²) in [6, 6.07) is 16.2. The third-order valence-corrected chi connectivity index (χ3v) is 8.77. The Bertz CT molecular complexity index is 1430. The number of rotatable bonds is 8. The van der Waals surface area contributed by atoms with Crippen molar-refractivity contribution in [2.75, 3.05) is 56.0 Å². The second-order valence-corrected chi connectivity index (χ2v) is 12.0. The molecule has 10 heteroatoms. The van der Waals surface area contributed by atoms with Gasteiger partial charge in [-0.1, -0.05) is 6.07 Å². The highest BCUT2D eigenvalue weighted by Gasteiger charge is 2.27. The van der Waals surface area contributed by atoms with Crippen LogP contribution in [0, 0.1) is 11.6 Å². The predicted octanol–water partition coefficient (Wildman–Crippen LogP) is 5.04. The van der Waals surface area contributed by atoms with Gasteiger partial charge in [-0.2, -0.15) is 0 Å². The first-order chi connectivity index (χ1) is 20.8.